The van der Waals surface area contributed by atoms with Crippen LogP contribution < -0.4 is 5.32 Å². The van der Waals surface area contributed by atoms with Gasteiger partial charge in [0.15, 0.2) is 11.5 Å². The summed E-state index contributed by atoms with van der Waals surface area (Å²) in [6.07, 6.45) is 0.240. The number of hydrogen-bond acceptors (Lipinski definition) is 4. The van der Waals surface area contributed by atoms with Gasteiger partial charge in [0.1, 0.15) is 18.8 Å². The van der Waals surface area contributed by atoms with E-state index in [1.165, 1.54) is 18.2 Å². The number of imidazole rings is 1. The van der Waals surface area contributed by atoms with E-state index in [2.05, 4.69) is 10.3 Å². The van der Waals surface area contributed by atoms with Crippen LogP contribution in [-0.2, 0) is 11.3 Å². The summed E-state index contributed by atoms with van der Waals surface area (Å²) >= 11 is 0. The third kappa shape index (κ3) is 3.69. The second-order valence-corrected chi connectivity index (χ2v) is 5.26. The van der Waals surface area contributed by atoms with Gasteiger partial charge in [0, 0.05) is 0 Å². The molecule has 0 bridgehead atoms. The highest BCUT2D eigenvalue weighted by atomic mass is 19.1. The lowest BCUT2D eigenvalue weighted by atomic mass is 10.2. The molecule has 0 aliphatic rings. The van der Waals surface area contributed by atoms with Gasteiger partial charge in [-0.25, -0.2) is 19.0 Å². The smallest absolute Gasteiger partial charge is 0.413 e. The van der Waals surface area contributed by atoms with Crippen molar-refractivity contribution in [3.63, 3.8) is 0 Å². The molecule has 26 heavy (non-hydrogen) atoms. The maximum atomic E-state index is 14.0. The average Bonchev–Trinajstić information content (AvgIpc) is 3.05. The Morgan fingerprint density at radius 1 is 1.12 bits per heavy atom. The van der Waals surface area contributed by atoms with Gasteiger partial charge in [0.25, 0.3) is 0 Å². The number of anilines is 1. The number of halogens is 1. The van der Waals surface area contributed by atoms with Gasteiger partial charge in [-0.3, -0.25) is 9.88 Å². The van der Waals surface area contributed by atoms with Gasteiger partial charge in [-0.15, -0.1) is 0 Å². The summed E-state index contributed by atoms with van der Waals surface area (Å²) in [5.41, 5.74) is 0.388. The first-order valence-corrected chi connectivity index (χ1v) is 7.59. The van der Waals surface area contributed by atoms with Gasteiger partial charge in [-0.2, -0.15) is 0 Å². The molecule has 0 aliphatic heterocycles. The number of amides is 1. The molecule has 1 heterocycles. The summed E-state index contributed by atoms with van der Waals surface area (Å²) in [6, 6.07) is 14.7. The summed E-state index contributed by atoms with van der Waals surface area (Å²) < 4.78 is 20.3. The van der Waals surface area contributed by atoms with E-state index in [1.54, 1.807) is 30.3 Å². The predicted molar refractivity (Wildman–Crippen MR) is 90.7 cm³/mol. The molecule has 1 aromatic heterocycles. The number of carboxylic acids is 1. The molecular weight excluding hydrogens is 341 g/mol. The molecule has 3 aromatic rings. The molecule has 2 N–H and O–H groups in total. The fourth-order valence-corrected chi connectivity index (χ4v) is 2.31. The molecule has 0 unspecified atom stereocenters. The van der Waals surface area contributed by atoms with Gasteiger partial charge in [0.2, 0.25) is 0 Å². The number of rotatable bonds is 5. The molecule has 0 aliphatic carbocycles. The zero-order chi connectivity index (χ0) is 18.5. The molecule has 0 radical (unpaired) electrons. The number of hydrogen-bond donors (Lipinski definition) is 2. The summed E-state index contributed by atoms with van der Waals surface area (Å²) in [7, 11) is 0. The highest BCUT2D eigenvalue weighted by Gasteiger charge is 2.22. The largest absolute Gasteiger partial charge is 0.476 e. The molecule has 0 fully saturated rings. The minimum absolute atomic E-state index is 0.00289. The van der Waals surface area contributed by atoms with Crippen molar-refractivity contribution in [2.45, 2.75) is 6.61 Å². The number of aromatic carboxylic acids is 1. The van der Waals surface area contributed by atoms with E-state index >= 15 is 0 Å². The highest BCUT2D eigenvalue weighted by Crippen LogP contribution is 2.22. The van der Waals surface area contributed by atoms with Crippen molar-refractivity contribution in [2.75, 3.05) is 5.32 Å². The Kier molecular flexibility index (Phi) is 4.93. The number of benzene rings is 2. The molecule has 3 rings (SSSR count). The number of nitrogens with zero attached hydrogens (tertiary/aromatic N) is 2. The van der Waals surface area contributed by atoms with Crippen LogP contribution in [-0.4, -0.2) is 26.7 Å². The predicted octanol–water partition coefficient (Wildman–Crippen LogP) is 3.46. The van der Waals surface area contributed by atoms with Crippen LogP contribution in [0, 0.1) is 5.82 Å². The Labute approximate surface area is 147 Å². The Balaban J connectivity index is 1.84. The zero-order valence-corrected chi connectivity index (χ0v) is 13.4. The molecule has 8 heteroatoms. The van der Waals surface area contributed by atoms with Gasteiger partial charge in [0.05, 0.1) is 5.69 Å². The average molecular weight is 355 g/mol. The van der Waals surface area contributed by atoms with Crippen LogP contribution >= 0.6 is 0 Å². The third-order valence-corrected chi connectivity index (χ3v) is 3.52. The van der Waals surface area contributed by atoms with Crippen LogP contribution in [0.25, 0.3) is 5.69 Å². The SMILES string of the molecule is O=C(Nc1c(C(=O)O)ncn1-c1ccccc1F)OCc1ccccc1. The number of para-hydroxylation sites is 1. The first kappa shape index (κ1) is 17.2. The van der Waals surface area contributed by atoms with E-state index in [0.29, 0.717) is 0 Å². The Morgan fingerprint density at radius 2 is 1.81 bits per heavy atom. The maximum absolute atomic E-state index is 14.0. The number of aromatic nitrogens is 2. The van der Waals surface area contributed by atoms with E-state index in [0.717, 1.165) is 16.5 Å². The molecule has 0 saturated carbocycles. The van der Waals surface area contributed by atoms with Gasteiger partial charge < -0.3 is 9.84 Å². The second kappa shape index (κ2) is 7.47. The normalized spacial score (nSPS) is 10.3. The fourth-order valence-electron chi connectivity index (χ4n) is 2.31. The van der Waals surface area contributed by atoms with E-state index in [4.69, 9.17) is 4.74 Å². The van der Waals surface area contributed by atoms with Gasteiger partial charge in [-0.05, 0) is 17.7 Å². The topological polar surface area (TPSA) is 93.5 Å². The summed E-state index contributed by atoms with van der Waals surface area (Å²) in [6.45, 7) is 0.00289. The van der Waals surface area contributed by atoms with Crippen molar-refractivity contribution >= 4 is 17.9 Å². The van der Waals surface area contributed by atoms with Crippen molar-refractivity contribution in [1.82, 2.24) is 9.55 Å². The molecule has 2 aromatic carbocycles. The number of ether oxygens (including phenoxy) is 1. The van der Waals surface area contributed by atoms with E-state index in [9.17, 15) is 19.1 Å². The fraction of sp³-hybridized carbons (Fsp3) is 0.0556. The van der Waals surface area contributed by atoms with Crippen LogP contribution in [0.5, 0.6) is 0 Å². The molecule has 1 amide bonds. The highest BCUT2D eigenvalue weighted by molar-refractivity contribution is 5.96. The lowest BCUT2D eigenvalue weighted by molar-refractivity contribution is 0.0692. The lowest BCUT2D eigenvalue weighted by Crippen LogP contribution is -2.18. The van der Waals surface area contributed by atoms with Gasteiger partial charge in [-0.1, -0.05) is 42.5 Å². The third-order valence-electron chi connectivity index (χ3n) is 3.52. The molecule has 0 saturated heterocycles. The number of carbonyl (C=O) groups is 2. The maximum Gasteiger partial charge on any atom is 0.413 e. The Hall–Kier alpha value is -3.68. The monoisotopic (exact) mass is 355 g/mol. The first-order chi connectivity index (χ1) is 12.6. The summed E-state index contributed by atoms with van der Waals surface area (Å²) in [4.78, 5) is 27.1. The number of carbonyl (C=O) groups excluding carboxylic acids is 1. The van der Waals surface area contributed by atoms with E-state index < -0.39 is 23.6 Å². The van der Waals surface area contributed by atoms with Crippen LogP contribution in [0.1, 0.15) is 16.1 Å². The molecule has 0 spiro atoms. The molecular formula is C18H14FN3O4. The van der Waals surface area contributed by atoms with E-state index in [1.807, 2.05) is 6.07 Å². The van der Waals surface area contributed by atoms with Gasteiger partial charge >= 0.3 is 12.1 Å². The molecule has 7 nitrogen and oxygen atoms in total. The molecule has 0 atom stereocenters. The Bertz CT molecular complexity index is 941. The summed E-state index contributed by atoms with van der Waals surface area (Å²) in [5.74, 6) is -2.15. The minimum atomic E-state index is -1.36. The second-order valence-electron chi connectivity index (χ2n) is 5.26. The molecule has 132 valence electrons. The van der Waals surface area contributed by atoms with Crippen molar-refractivity contribution in [3.8, 4) is 5.69 Å². The summed E-state index contributed by atoms with van der Waals surface area (Å²) in [5, 5.41) is 11.6. The van der Waals surface area contributed by atoms with Crippen molar-refractivity contribution in [1.29, 1.82) is 0 Å². The van der Waals surface area contributed by atoms with Crippen molar-refractivity contribution in [3.05, 3.63) is 78.0 Å². The minimum Gasteiger partial charge on any atom is -0.476 e. The van der Waals surface area contributed by atoms with Crippen LogP contribution in [0.2, 0.25) is 0 Å². The van der Waals surface area contributed by atoms with Crippen LogP contribution in [0.3, 0.4) is 0 Å². The van der Waals surface area contributed by atoms with Crippen LogP contribution in [0.15, 0.2) is 60.9 Å². The number of nitrogens with one attached hydrogen (secondary N) is 1. The van der Waals surface area contributed by atoms with Crippen LogP contribution in [0.4, 0.5) is 15.0 Å². The Morgan fingerprint density at radius 3 is 2.50 bits per heavy atom. The zero-order valence-electron chi connectivity index (χ0n) is 13.4. The quantitative estimate of drug-likeness (QED) is 0.731. The lowest BCUT2D eigenvalue weighted by Gasteiger charge is -2.11. The standard InChI is InChI=1S/C18H14FN3O4/c19-13-8-4-5-9-14(13)22-11-20-15(17(23)24)16(22)21-18(25)26-10-12-6-2-1-3-7-12/h1-9,11H,10H2,(H,21,25)(H,23,24). The van der Waals surface area contributed by atoms with Crippen molar-refractivity contribution < 1.29 is 23.8 Å². The first-order valence-electron chi connectivity index (χ1n) is 7.59. The number of carboxylic acid groups (broad SMARTS) is 1. The van der Waals surface area contributed by atoms with E-state index in [-0.39, 0.29) is 18.1 Å². The van der Waals surface area contributed by atoms with Crippen molar-refractivity contribution in [2.24, 2.45) is 0 Å².